The van der Waals surface area contributed by atoms with E-state index in [2.05, 4.69) is 86.3 Å². The monoisotopic (exact) mass is 749 g/mol. The first-order valence-corrected chi connectivity index (χ1v) is 19.3. The summed E-state index contributed by atoms with van der Waals surface area (Å²) in [6.07, 6.45) is 6.50. The number of aryl methyl sites for hydroxylation is 1. The van der Waals surface area contributed by atoms with Crippen molar-refractivity contribution in [2.75, 3.05) is 54.6 Å². The highest BCUT2D eigenvalue weighted by atomic mass is 16.7. The summed E-state index contributed by atoms with van der Waals surface area (Å²) in [7, 11) is 1.99. The second kappa shape index (κ2) is 23.1. The molecular weight excluding hydrogens is 689 g/mol. The molecule has 2 heterocycles. The minimum atomic E-state index is -0.301. The lowest BCUT2D eigenvalue weighted by Gasteiger charge is -2.21. The SMILES string of the molecule is C=C(CCCN(C)c1ccc(N)cc1)ON1C(=O)CCC1=O.CCCC.CCN(CC)c1ccc2c(c1)OC/C=c1\cc(N)ccc1=[NH+]2.Cc1ccccc1. The van der Waals surface area contributed by atoms with E-state index in [1.165, 1.54) is 24.1 Å². The molecule has 0 spiro atoms. The van der Waals surface area contributed by atoms with Crippen molar-refractivity contribution in [3.8, 4) is 5.75 Å². The van der Waals surface area contributed by atoms with E-state index < -0.39 is 0 Å². The van der Waals surface area contributed by atoms with Crippen LogP contribution in [0.25, 0.3) is 6.08 Å². The molecule has 4 aromatic carbocycles. The largest absolute Gasteiger partial charge is 0.483 e. The van der Waals surface area contributed by atoms with Gasteiger partial charge in [0.2, 0.25) is 11.0 Å². The molecule has 0 aromatic heterocycles. The maximum absolute atomic E-state index is 11.4. The predicted octanol–water partition coefficient (Wildman–Crippen LogP) is 6.20. The lowest BCUT2D eigenvalue weighted by molar-refractivity contribution is -0.404. The summed E-state index contributed by atoms with van der Waals surface area (Å²) in [4.78, 5) is 36.0. The summed E-state index contributed by atoms with van der Waals surface area (Å²) in [5.41, 5.74) is 17.6. The van der Waals surface area contributed by atoms with Crippen molar-refractivity contribution in [2.45, 2.75) is 73.1 Å². The number of carbonyl (C=O) groups excluding carboxylic acids is 2. The number of hydrogen-bond acceptors (Lipinski definition) is 8. The van der Waals surface area contributed by atoms with Gasteiger partial charge in [-0.15, -0.1) is 5.06 Å². The number of hydrogen-bond donors (Lipinski definition) is 3. The van der Waals surface area contributed by atoms with Crippen LogP contribution in [0.4, 0.5) is 28.4 Å². The number of nitrogen functional groups attached to an aromatic ring is 2. The Labute approximate surface area is 327 Å². The van der Waals surface area contributed by atoms with Crippen molar-refractivity contribution in [3.63, 3.8) is 0 Å². The highest BCUT2D eigenvalue weighted by Crippen LogP contribution is 2.27. The molecule has 55 heavy (non-hydrogen) atoms. The van der Waals surface area contributed by atoms with E-state index in [0.717, 1.165) is 70.2 Å². The maximum atomic E-state index is 11.4. The highest BCUT2D eigenvalue weighted by molar-refractivity contribution is 6.00. The van der Waals surface area contributed by atoms with E-state index in [1.54, 1.807) is 0 Å². The van der Waals surface area contributed by atoms with Crippen LogP contribution in [-0.2, 0) is 14.4 Å². The van der Waals surface area contributed by atoms with Crippen LogP contribution in [0, 0.1) is 6.92 Å². The number of unbranched alkanes of at least 4 members (excludes halogenated alkanes) is 1. The smallest absolute Gasteiger partial charge is 0.263 e. The number of nitrogens with zero attached hydrogens (tertiary/aromatic N) is 3. The molecule has 0 unspecified atom stereocenters. The molecule has 0 bridgehead atoms. The second-order valence-corrected chi connectivity index (χ2v) is 13.3. The fourth-order valence-corrected chi connectivity index (χ4v) is 5.49. The fraction of sp³-hybridized carbons (Fsp3) is 0.356. The van der Waals surface area contributed by atoms with Crippen LogP contribution in [0.15, 0.2) is 103 Å². The van der Waals surface area contributed by atoms with Gasteiger partial charge < -0.3 is 30.8 Å². The number of anilines is 4. The van der Waals surface area contributed by atoms with Gasteiger partial charge in [0.15, 0.2) is 5.75 Å². The predicted molar refractivity (Wildman–Crippen MR) is 226 cm³/mol. The number of benzene rings is 4. The summed E-state index contributed by atoms with van der Waals surface area (Å²) in [6, 6.07) is 30.1. The Bertz CT molecular complexity index is 1910. The molecular formula is C45H61N6O4+. The van der Waals surface area contributed by atoms with Gasteiger partial charge in [-0.1, -0.05) is 69.2 Å². The second-order valence-electron chi connectivity index (χ2n) is 13.3. The molecule has 4 aromatic rings. The number of nitrogens with one attached hydrogen (secondary N) is 1. The molecule has 10 nitrogen and oxygen atoms in total. The number of allylic oxidation sites excluding steroid dienone is 1. The summed E-state index contributed by atoms with van der Waals surface area (Å²) < 4.78 is 5.92. The quantitative estimate of drug-likeness (QED) is 0.0940. The summed E-state index contributed by atoms with van der Waals surface area (Å²) in [5, 5.41) is 2.94. The summed E-state index contributed by atoms with van der Waals surface area (Å²) in [6.45, 7) is 17.8. The van der Waals surface area contributed by atoms with Crippen LogP contribution in [0.5, 0.6) is 5.75 Å². The zero-order chi connectivity index (χ0) is 40.2. The zero-order valence-electron chi connectivity index (χ0n) is 33.6. The Balaban J connectivity index is 0.000000232. The van der Waals surface area contributed by atoms with Crippen molar-refractivity contribution in [1.82, 2.24) is 5.06 Å². The average Bonchev–Trinajstić information content (AvgIpc) is 3.49. The standard InChI is InChI=1S/C18H21N3O.C16H21N3O3.C7H8.C4H10/c1-3-21(4-2)15-6-8-17-18(12-15)22-10-9-13-11-14(19)5-7-16(13)20-17;1-12(22-19-15(20)9-10-16(19)21)4-3-11-18(2)14-7-5-13(17)6-8-14;1-7-5-3-2-4-6-7;1-3-4-2/h5-9,11-12H,3-4,10,19H2,1-2H3;5-8H,1,3-4,9-11,17H2,2H3;2-6H,1H3;3-4H2,1-2H3/p+1/b13-9+,20-16?;;;. The topological polar surface area (TPSA) is 128 Å². The van der Waals surface area contributed by atoms with Gasteiger partial charge >= 0.3 is 0 Å². The molecule has 0 atom stereocenters. The third kappa shape index (κ3) is 14.5. The Hall–Kier alpha value is -5.77. The minimum Gasteiger partial charge on any atom is -0.483 e. The van der Waals surface area contributed by atoms with Crippen LogP contribution < -0.4 is 41.6 Å². The van der Waals surface area contributed by atoms with Crippen molar-refractivity contribution in [1.29, 1.82) is 0 Å². The molecule has 10 heteroatoms. The lowest BCUT2D eigenvalue weighted by atomic mass is 10.2. The van der Waals surface area contributed by atoms with Gasteiger partial charge in [-0.25, -0.2) is 4.99 Å². The Morgan fingerprint density at radius 1 is 0.836 bits per heavy atom. The van der Waals surface area contributed by atoms with E-state index in [4.69, 9.17) is 21.0 Å². The normalized spacial score (nSPS) is 13.1. The van der Waals surface area contributed by atoms with Crippen molar-refractivity contribution >= 4 is 46.3 Å². The van der Waals surface area contributed by atoms with Gasteiger partial charge in [-0.3, -0.25) is 9.59 Å². The Kier molecular flexibility index (Phi) is 18.3. The van der Waals surface area contributed by atoms with Crippen LogP contribution in [0.1, 0.15) is 71.8 Å². The van der Waals surface area contributed by atoms with E-state index in [-0.39, 0.29) is 24.7 Å². The third-order valence-electron chi connectivity index (χ3n) is 8.93. The first-order valence-electron chi connectivity index (χ1n) is 19.3. The van der Waals surface area contributed by atoms with Crippen molar-refractivity contribution in [2.24, 2.45) is 0 Å². The van der Waals surface area contributed by atoms with Gasteiger partial charge in [-0.05, 0) is 75.7 Å². The molecule has 2 aliphatic heterocycles. The van der Waals surface area contributed by atoms with E-state index >= 15 is 0 Å². The molecule has 5 N–H and O–H groups in total. The molecule has 1 saturated heterocycles. The van der Waals surface area contributed by atoms with Gasteiger partial charge in [0.05, 0.1) is 0 Å². The third-order valence-corrected chi connectivity index (χ3v) is 8.93. The molecule has 294 valence electrons. The molecule has 1 fully saturated rings. The zero-order valence-corrected chi connectivity index (χ0v) is 33.6. The fourth-order valence-electron chi connectivity index (χ4n) is 5.49. The molecule has 0 saturated carbocycles. The molecule has 2 aliphatic rings. The number of amides is 2. The van der Waals surface area contributed by atoms with Crippen molar-refractivity contribution in [3.05, 3.63) is 119 Å². The number of imide groups is 1. The summed E-state index contributed by atoms with van der Waals surface area (Å²) in [5.74, 6) is 0.702. The number of fused-ring (bicyclic) bond motifs is 2. The van der Waals surface area contributed by atoms with Gasteiger partial charge in [-0.2, -0.15) is 0 Å². The number of hydroxylamine groups is 2. The molecule has 0 aliphatic carbocycles. The minimum absolute atomic E-state index is 0.214. The maximum Gasteiger partial charge on any atom is 0.263 e. The van der Waals surface area contributed by atoms with E-state index in [0.29, 0.717) is 18.8 Å². The van der Waals surface area contributed by atoms with Crippen LogP contribution in [-0.4, -0.2) is 50.2 Å². The highest BCUT2D eigenvalue weighted by Gasteiger charge is 2.31. The number of nitrogens with two attached hydrogens (primary N) is 2. The van der Waals surface area contributed by atoms with E-state index in [1.807, 2.05) is 73.8 Å². The summed E-state index contributed by atoms with van der Waals surface area (Å²) >= 11 is 0. The Morgan fingerprint density at radius 3 is 2.04 bits per heavy atom. The molecule has 6 rings (SSSR count). The first-order chi connectivity index (χ1) is 26.5. The van der Waals surface area contributed by atoms with Gasteiger partial charge in [0, 0.05) is 92.1 Å². The number of carbonyl (C=O) groups is 2. The number of rotatable bonds is 11. The lowest BCUT2D eigenvalue weighted by Crippen LogP contribution is -2.74. The van der Waals surface area contributed by atoms with Crippen LogP contribution in [0.3, 0.4) is 0 Å². The van der Waals surface area contributed by atoms with Gasteiger partial charge in [0.1, 0.15) is 12.4 Å². The number of ether oxygens (including phenoxy) is 1. The molecule has 0 radical (unpaired) electrons. The average molecular weight is 750 g/mol. The van der Waals surface area contributed by atoms with Crippen LogP contribution in [0.2, 0.25) is 0 Å². The first kappa shape index (κ1) is 43.6. The Morgan fingerprint density at radius 2 is 1.45 bits per heavy atom. The van der Waals surface area contributed by atoms with Crippen molar-refractivity contribution < 1.29 is 24.2 Å². The molecule has 2 amide bonds. The van der Waals surface area contributed by atoms with E-state index in [9.17, 15) is 9.59 Å². The van der Waals surface area contributed by atoms with Gasteiger partial charge in [0.25, 0.3) is 11.8 Å². The van der Waals surface area contributed by atoms with Crippen LogP contribution >= 0.6 is 0 Å².